The third kappa shape index (κ3) is 4.46. The molecule has 0 aliphatic heterocycles. The molecule has 0 fully saturated rings. The minimum Gasteiger partial charge on any atom is -0.396 e. The summed E-state index contributed by atoms with van der Waals surface area (Å²) in [6.45, 7) is 3.85. The number of benzene rings is 1. The van der Waals surface area contributed by atoms with E-state index in [0.29, 0.717) is 11.4 Å². The molecule has 0 aliphatic carbocycles. The molecule has 0 heterocycles. The van der Waals surface area contributed by atoms with Crippen molar-refractivity contribution in [1.82, 2.24) is 4.72 Å². The largest absolute Gasteiger partial charge is 0.396 e. The minimum atomic E-state index is -3.78. The molecule has 0 atom stereocenters. The molecule has 0 bridgehead atoms. The van der Waals surface area contributed by atoms with Crippen molar-refractivity contribution in [3.05, 3.63) is 28.8 Å². The molecule has 7 heteroatoms. The van der Waals surface area contributed by atoms with Crippen molar-refractivity contribution in [2.24, 2.45) is 5.41 Å². The summed E-state index contributed by atoms with van der Waals surface area (Å²) in [5.41, 5.74) is -0.369. The van der Waals surface area contributed by atoms with E-state index >= 15 is 0 Å². The number of nitriles is 1. The van der Waals surface area contributed by atoms with Crippen molar-refractivity contribution in [3.63, 3.8) is 0 Å². The van der Waals surface area contributed by atoms with E-state index < -0.39 is 10.0 Å². The van der Waals surface area contributed by atoms with Crippen LogP contribution < -0.4 is 4.72 Å². The Balaban J connectivity index is 2.99. The molecule has 0 spiro atoms. The number of halogens is 1. The third-order valence-electron chi connectivity index (χ3n) is 2.88. The van der Waals surface area contributed by atoms with Gasteiger partial charge in [0.2, 0.25) is 10.0 Å². The van der Waals surface area contributed by atoms with Gasteiger partial charge in [-0.05, 0) is 30.0 Å². The van der Waals surface area contributed by atoms with E-state index in [2.05, 4.69) is 4.72 Å². The molecule has 0 amide bonds. The first-order chi connectivity index (χ1) is 9.22. The van der Waals surface area contributed by atoms with Crippen LogP contribution in [0.3, 0.4) is 0 Å². The van der Waals surface area contributed by atoms with Gasteiger partial charge >= 0.3 is 0 Å². The Bertz CT molecular complexity index is 621. The van der Waals surface area contributed by atoms with Crippen molar-refractivity contribution in [3.8, 4) is 6.07 Å². The van der Waals surface area contributed by atoms with Gasteiger partial charge in [0.05, 0.1) is 10.5 Å². The monoisotopic (exact) mass is 316 g/mol. The van der Waals surface area contributed by atoms with Crippen LogP contribution in [0.2, 0.25) is 5.02 Å². The van der Waals surface area contributed by atoms with Crippen molar-refractivity contribution in [2.45, 2.75) is 25.2 Å². The number of nitrogens with zero attached hydrogens (tertiary/aromatic N) is 1. The zero-order valence-corrected chi connectivity index (χ0v) is 12.9. The second-order valence-electron chi connectivity index (χ2n) is 5.21. The Morgan fingerprint density at radius 1 is 1.45 bits per heavy atom. The van der Waals surface area contributed by atoms with Crippen LogP contribution in [0, 0.1) is 16.7 Å². The number of hydrogen-bond donors (Lipinski definition) is 2. The van der Waals surface area contributed by atoms with Gasteiger partial charge in [0.15, 0.2) is 0 Å². The molecule has 1 aromatic rings. The van der Waals surface area contributed by atoms with Gasteiger partial charge in [-0.3, -0.25) is 0 Å². The quantitative estimate of drug-likeness (QED) is 0.838. The minimum absolute atomic E-state index is 0.00460. The van der Waals surface area contributed by atoms with Crippen molar-refractivity contribution in [2.75, 3.05) is 13.2 Å². The highest BCUT2D eigenvalue weighted by Gasteiger charge is 2.24. The van der Waals surface area contributed by atoms with Crippen LogP contribution in [0.4, 0.5) is 0 Å². The molecular formula is C13H17ClN2O3S. The molecule has 0 unspecified atom stereocenters. The summed E-state index contributed by atoms with van der Waals surface area (Å²) in [7, 11) is -3.78. The fraction of sp³-hybridized carbons (Fsp3) is 0.462. The highest BCUT2D eigenvalue weighted by Crippen LogP contribution is 2.22. The van der Waals surface area contributed by atoms with Gasteiger partial charge in [-0.2, -0.15) is 5.26 Å². The van der Waals surface area contributed by atoms with Gasteiger partial charge < -0.3 is 5.11 Å². The highest BCUT2D eigenvalue weighted by molar-refractivity contribution is 7.89. The molecule has 0 saturated carbocycles. The fourth-order valence-electron chi connectivity index (χ4n) is 1.58. The number of rotatable bonds is 6. The number of sulfonamides is 1. The molecular weight excluding hydrogens is 300 g/mol. The maximum absolute atomic E-state index is 12.2. The first-order valence-electron chi connectivity index (χ1n) is 6.02. The van der Waals surface area contributed by atoms with Crippen LogP contribution in [0.15, 0.2) is 23.1 Å². The van der Waals surface area contributed by atoms with E-state index in [9.17, 15) is 8.42 Å². The molecule has 0 radical (unpaired) electrons. The zero-order valence-electron chi connectivity index (χ0n) is 11.4. The fourth-order valence-corrected chi connectivity index (χ4v) is 3.13. The first kappa shape index (κ1) is 16.9. The summed E-state index contributed by atoms with van der Waals surface area (Å²) in [5.74, 6) is 0. The average Bonchev–Trinajstić information content (AvgIpc) is 2.36. The smallest absolute Gasteiger partial charge is 0.241 e. The summed E-state index contributed by atoms with van der Waals surface area (Å²) in [6, 6.07) is 5.87. The van der Waals surface area contributed by atoms with Gasteiger partial charge in [-0.15, -0.1) is 0 Å². The SMILES string of the molecule is CC(C)(CCO)CNS(=O)(=O)c1ccc(Cl)cc1C#N. The maximum Gasteiger partial charge on any atom is 0.241 e. The lowest BCUT2D eigenvalue weighted by atomic mass is 9.90. The summed E-state index contributed by atoms with van der Waals surface area (Å²) >= 11 is 5.74. The Hall–Kier alpha value is -1.13. The molecule has 0 aliphatic rings. The van der Waals surface area contributed by atoms with Crippen LogP contribution in [0.5, 0.6) is 0 Å². The Morgan fingerprint density at radius 2 is 2.10 bits per heavy atom. The molecule has 1 rings (SSSR count). The number of hydrogen-bond acceptors (Lipinski definition) is 4. The number of nitrogens with one attached hydrogen (secondary N) is 1. The van der Waals surface area contributed by atoms with E-state index in [1.165, 1.54) is 18.2 Å². The van der Waals surface area contributed by atoms with Crippen molar-refractivity contribution < 1.29 is 13.5 Å². The summed E-state index contributed by atoms with van der Waals surface area (Å²) < 4.78 is 26.9. The Kier molecular flexibility index (Phi) is 5.54. The normalized spacial score (nSPS) is 12.2. The van der Waals surface area contributed by atoms with E-state index in [0.717, 1.165) is 0 Å². The maximum atomic E-state index is 12.2. The predicted octanol–water partition coefficient (Wildman–Crippen LogP) is 1.90. The summed E-state index contributed by atoms with van der Waals surface area (Å²) in [6.07, 6.45) is 0.473. The van der Waals surface area contributed by atoms with Crippen molar-refractivity contribution in [1.29, 1.82) is 5.26 Å². The van der Waals surface area contributed by atoms with Gasteiger partial charge in [0.1, 0.15) is 6.07 Å². The summed E-state index contributed by atoms with van der Waals surface area (Å²) in [4.78, 5) is -0.0933. The van der Waals surface area contributed by atoms with Crippen molar-refractivity contribution >= 4 is 21.6 Å². The molecule has 1 aromatic carbocycles. The number of aliphatic hydroxyl groups excluding tert-OH is 1. The van der Waals surface area contributed by atoms with Gasteiger partial charge in [0, 0.05) is 18.2 Å². The molecule has 2 N–H and O–H groups in total. The zero-order chi connectivity index (χ0) is 15.4. The topological polar surface area (TPSA) is 90.2 Å². The van der Waals surface area contributed by atoms with Crippen LogP contribution in [0.1, 0.15) is 25.8 Å². The van der Waals surface area contributed by atoms with E-state index in [-0.39, 0.29) is 29.0 Å². The molecule has 110 valence electrons. The lowest BCUT2D eigenvalue weighted by Gasteiger charge is -2.23. The lowest BCUT2D eigenvalue weighted by Crippen LogP contribution is -2.34. The first-order valence-corrected chi connectivity index (χ1v) is 7.88. The highest BCUT2D eigenvalue weighted by atomic mass is 35.5. The van der Waals surface area contributed by atoms with E-state index in [4.69, 9.17) is 22.0 Å². The van der Waals surface area contributed by atoms with E-state index in [1.807, 2.05) is 19.9 Å². The third-order valence-corrected chi connectivity index (χ3v) is 4.58. The molecule has 0 aromatic heterocycles. The molecule has 5 nitrogen and oxygen atoms in total. The van der Waals surface area contributed by atoms with Crippen LogP contribution >= 0.6 is 11.6 Å². The standard InChI is InChI=1S/C13H17ClN2O3S/c1-13(2,5-6-17)9-16-20(18,19)12-4-3-11(14)7-10(12)8-15/h3-4,7,16-17H,5-6,9H2,1-2H3. The van der Waals surface area contributed by atoms with Gasteiger partial charge in [-0.25, -0.2) is 13.1 Å². The van der Waals surface area contributed by atoms with Crippen LogP contribution in [-0.4, -0.2) is 26.7 Å². The van der Waals surface area contributed by atoms with Crippen LogP contribution in [0.25, 0.3) is 0 Å². The summed E-state index contributed by atoms with van der Waals surface area (Å²) in [5, 5.41) is 18.2. The van der Waals surface area contributed by atoms with Crippen LogP contribution in [-0.2, 0) is 10.0 Å². The molecule has 20 heavy (non-hydrogen) atoms. The van der Waals surface area contributed by atoms with Gasteiger partial charge in [-0.1, -0.05) is 25.4 Å². The Labute approximate surface area is 124 Å². The van der Waals surface area contributed by atoms with Gasteiger partial charge in [0.25, 0.3) is 0 Å². The van der Waals surface area contributed by atoms with E-state index in [1.54, 1.807) is 0 Å². The Morgan fingerprint density at radius 3 is 2.65 bits per heavy atom. The second-order valence-corrected chi connectivity index (χ2v) is 7.39. The second kappa shape index (κ2) is 6.55. The lowest BCUT2D eigenvalue weighted by molar-refractivity contribution is 0.213. The average molecular weight is 317 g/mol. The number of aliphatic hydroxyl groups is 1. The predicted molar refractivity (Wildman–Crippen MR) is 76.8 cm³/mol. The molecule has 0 saturated heterocycles.